The summed E-state index contributed by atoms with van der Waals surface area (Å²) in [6.07, 6.45) is 4.55. The lowest BCUT2D eigenvalue weighted by molar-refractivity contribution is 0.0760. The van der Waals surface area contributed by atoms with Crippen LogP contribution in [0.25, 0.3) is 10.8 Å². The molecule has 0 heterocycles. The number of rotatable bonds is 1. The van der Waals surface area contributed by atoms with Crippen LogP contribution in [0.15, 0.2) is 109 Å². The third-order valence-corrected chi connectivity index (χ3v) is 8.89. The Morgan fingerprint density at radius 3 is 1.65 bits per heavy atom. The molecule has 2 heteroatoms. The predicted octanol–water partition coefficient (Wildman–Crippen LogP) is 8.65. The Balaban J connectivity index is 0.000000164. The smallest absolute Gasteiger partial charge is 0.177 e. The molecule has 0 amide bonds. The first-order valence-electron chi connectivity index (χ1n) is 15.6. The van der Waals surface area contributed by atoms with Gasteiger partial charge in [-0.3, -0.25) is 0 Å². The molecule has 1 atom stereocenters. The van der Waals surface area contributed by atoms with Crippen LogP contribution in [-0.4, -0.2) is 10.2 Å². The zero-order valence-corrected chi connectivity index (χ0v) is 25.8. The van der Waals surface area contributed by atoms with Crippen molar-refractivity contribution in [3.8, 4) is 11.8 Å². The molecule has 2 N–H and O–H groups in total. The summed E-state index contributed by atoms with van der Waals surface area (Å²) in [7, 11) is 0. The molecule has 1 unspecified atom stereocenters. The van der Waals surface area contributed by atoms with Gasteiger partial charge in [-0.2, -0.15) is 0 Å². The highest BCUT2D eigenvalue weighted by Gasteiger charge is 2.36. The van der Waals surface area contributed by atoms with Crippen molar-refractivity contribution in [1.82, 2.24) is 0 Å². The van der Waals surface area contributed by atoms with E-state index in [4.69, 9.17) is 0 Å². The molecule has 5 aromatic carbocycles. The second-order valence-corrected chi connectivity index (χ2v) is 11.1. The van der Waals surface area contributed by atoms with Gasteiger partial charge >= 0.3 is 0 Å². The minimum Gasteiger partial charge on any atom is -0.380 e. The summed E-state index contributed by atoms with van der Waals surface area (Å²) < 4.78 is 0. The summed E-state index contributed by atoms with van der Waals surface area (Å²) in [6, 6.07) is 37.2. The Morgan fingerprint density at radius 1 is 0.581 bits per heavy atom. The van der Waals surface area contributed by atoms with Crippen LogP contribution in [0.1, 0.15) is 78.6 Å². The molecule has 0 aliphatic heterocycles. The van der Waals surface area contributed by atoms with E-state index in [0.29, 0.717) is 6.42 Å². The van der Waals surface area contributed by atoms with E-state index in [1.165, 1.54) is 33.0 Å². The van der Waals surface area contributed by atoms with E-state index in [1.54, 1.807) is 6.92 Å². The van der Waals surface area contributed by atoms with Gasteiger partial charge in [0.25, 0.3) is 0 Å². The number of hydrogen-bond donors (Lipinski definition) is 2. The average Bonchev–Trinajstić information content (AvgIpc) is 3.28. The van der Waals surface area contributed by atoms with Gasteiger partial charge in [0.05, 0.1) is 0 Å². The van der Waals surface area contributed by atoms with Crippen LogP contribution in [0.5, 0.6) is 0 Å². The first-order chi connectivity index (χ1) is 21.0. The number of benzene rings is 5. The van der Waals surface area contributed by atoms with Gasteiger partial charge in [0.2, 0.25) is 0 Å². The Morgan fingerprint density at radius 2 is 1.07 bits per heavy atom. The fraction of sp³-hybridized carbons (Fsp3) is 0.268. The number of hydrogen-bond acceptors (Lipinski definition) is 2. The molecule has 5 aromatic rings. The minimum atomic E-state index is -1.18. The van der Waals surface area contributed by atoms with Crippen LogP contribution >= 0.6 is 0 Å². The molecule has 0 radical (unpaired) electrons. The van der Waals surface area contributed by atoms with Crippen molar-refractivity contribution in [2.24, 2.45) is 0 Å². The molecule has 0 spiro atoms. The summed E-state index contributed by atoms with van der Waals surface area (Å²) >= 11 is 0. The van der Waals surface area contributed by atoms with Crippen molar-refractivity contribution < 1.29 is 10.2 Å². The molecule has 218 valence electrons. The van der Waals surface area contributed by atoms with Gasteiger partial charge in [0, 0.05) is 11.1 Å². The standard InChI is InChI=1S/C21H20O.C18H16O.C2H6/c1-2-21(22)19-10-6-4-8-16(19)11-13-18-17-9-5-3-7-15(17)12-14-20(18)21;1-2-13-18(19)16-9-5-3-7-14(16)11-12-15-8-4-6-10-17(15)18;1-2/h3-10,12,14,22H,2,11,13H2,1H3;3-10,19H,11-12H2,1H3;1-2H3. The fourth-order valence-corrected chi connectivity index (χ4v) is 6.83. The Bertz CT molecular complexity index is 1740. The lowest BCUT2D eigenvalue weighted by Gasteiger charge is -2.30. The van der Waals surface area contributed by atoms with Gasteiger partial charge < -0.3 is 10.2 Å². The third-order valence-electron chi connectivity index (χ3n) is 8.89. The van der Waals surface area contributed by atoms with Crippen LogP contribution in [0.2, 0.25) is 0 Å². The lowest BCUT2D eigenvalue weighted by atomic mass is 9.80. The molecule has 2 nitrogen and oxygen atoms in total. The largest absolute Gasteiger partial charge is 0.380 e. The highest BCUT2D eigenvalue weighted by atomic mass is 16.3. The zero-order chi connectivity index (χ0) is 30.5. The highest BCUT2D eigenvalue weighted by Crippen LogP contribution is 2.42. The van der Waals surface area contributed by atoms with Gasteiger partial charge in [0.15, 0.2) is 5.60 Å². The van der Waals surface area contributed by atoms with E-state index >= 15 is 0 Å². The van der Waals surface area contributed by atoms with Crippen molar-refractivity contribution in [3.05, 3.63) is 154 Å². The van der Waals surface area contributed by atoms with Gasteiger partial charge in [-0.25, -0.2) is 0 Å². The Hall–Kier alpha value is -4.16. The highest BCUT2D eigenvalue weighted by molar-refractivity contribution is 5.87. The molecule has 0 bridgehead atoms. The second kappa shape index (κ2) is 13.0. The summed E-state index contributed by atoms with van der Waals surface area (Å²) in [5.41, 5.74) is 6.89. The third kappa shape index (κ3) is 5.52. The van der Waals surface area contributed by atoms with Crippen LogP contribution in [0.3, 0.4) is 0 Å². The van der Waals surface area contributed by atoms with Crippen LogP contribution in [-0.2, 0) is 36.9 Å². The predicted molar refractivity (Wildman–Crippen MR) is 179 cm³/mol. The van der Waals surface area contributed by atoms with Crippen molar-refractivity contribution in [1.29, 1.82) is 0 Å². The molecule has 0 fully saturated rings. The summed E-state index contributed by atoms with van der Waals surface area (Å²) in [6.45, 7) is 7.84. The maximum atomic E-state index is 11.5. The van der Waals surface area contributed by atoms with Crippen molar-refractivity contribution in [3.63, 3.8) is 0 Å². The summed E-state index contributed by atoms with van der Waals surface area (Å²) in [5, 5.41) is 25.2. The number of fused-ring (bicyclic) bond motifs is 6. The molecule has 2 aliphatic carbocycles. The first-order valence-corrected chi connectivity index (χ1v) is 15.6. The zero-order valence-electron chi connectivity index (χ0n) is 25.8. The molecule has 0 aromatic heterocycles. The molecular formula is C41H42O2. The topological polar surface area (TPSA) is 40.5 Å². The molecule has 2 aliphatic rings. The summed E-state index contributed by atoms with van der Waals surface area (Å²) in [4.78, 5) is 0. The van der Waals surface area contributed by atoms with Crippen molar-refractivity contribution >= 4 is 10.8 Å². The Labute approximate surface area is 257 Å². The summed E-state index contributed by atoms with van der Waals surface area (Å²) in [5.74, 6) is 5.91. The second-order valence-electron chi connectivity index (χ2n) is 11.1. The van der Waals surface area contributed by atoms with E-state index < -0.39 is 11.2 Å². The molecule has 0 saturated carbocycles. The number of aryl methyl sites for hydroxylation is 4. The normalized spacial score (nSPS) is 17.3. The monoisotopic (exact) mass is 566 g/mol. The van der Waals surface area contributed by atoms with Crippen molar-refractivity contribution in [2.75, 3.05) is 0 Å². The van der Waals surface area contributed by atoms with Gasteiger partial charge in [-0.05, 0) is 83.2 Å². The molecular weight excluding hydrogens is 524 g/mol. The van der Waals surface area contributed by atoms with Crippen LogP contribution in [0.4, 0.5) is 0 Å². The molecule has 7 rings (SSSR count). The molecule has 43 heavy (non-hydrogen) atoms. The fourth-order valence-electron chi connectivity index (χ4n) is 6.83. The number of aliphatic hydroxyl groups is 2. The van der Waals surface area contributed by atoms with E-state index in [2.05, 4.69) is 85.5 Å². The maximum absolute atomic E-state index is 11.5. The quantitative estimate of drug-likeness (QED) is 0.199. The maximum Gasteiger partial charge on any atom is 0.177 e. The van der Waals surface area contributed by atoms with Crippen molar-refractivity contribution in [2.45, 2.75) is 71.0 Å². The SMILES string of the molecule is CC.CC#CC1(O)c2ccccc2CCc2ccccc21.CCC1(O)c2ccccc2CCc2c1ccc1ccccc21. The average molecular weight is 567 g/mol. The van der Waals surface area contributed by atoms with Gasteiger partial charge in [0.1, 0.15) is 5.60 Å². The Kier molecular flexibility index (Phi) is 9.16. The van der Waals surface area contributed by atoms with Gasteiger partial charge in [-0.1, -0.05) is 136 Å². The minimum absolute atomic E-state index is 0.690. The van der Waals surface area contributed by atoms with E-state index in [-0.39, 0.29) is 0 Å². The van der Waals surface area contributed by atoms with E-state index in [1.807, 2.05) is 56.3 Å². The first kappa shape index (κ1) is 30.3. The van der Waals surface area contributed by atoms with Crippen LogP contribution < -0.4 is 0 Å². The lowest BCUT2D eigenvalue weighted by Crippen LogP contribution is -2.27. The van der Waals surface area contributed by atoms with E-state index in [0.717, 1.165) is 47.9 Å². The molecule has 0 saturated heterocycles. The van der Waals surface area contributed by atoms with E-state index in [9.17, 15) is 10.2 Å². The van der Waals surface area contributed by atoms with Gasteiger partial charge in [-0.15, -0.1) is 5.92 Å². The van der Waals surface area contributed by atoms with Crippen LogP contribution in [0, 0.1) is 11.8 Å².